The van der Waals surface area contributed by atoms with Gasteiger partial charge in [0.2, 0.25) is 0 Å². The summed E-state index contributed by atoms with van der Waals surface area (Å²) in [5.74, 6) is 0.686. The number of hydrogen-bond acceptors (Lipinski definition) is 5. The minimum atomic E-state index is -0.117. The van der Waals surface area contributed by atoms with E-state index in [1.54, 1.807) is 0 Å². The van der Waals surface area contributed by atoms with E-state index < -0.39 is 0 Å². The zero-order valence-electron chi connectivity index (χ0n) is 10.8. The van der Waals surface area contributed by atoms with Gasteiger partial charge in [-0.2, -0.15) is 0 Å². The summed E-state index contributed by atoms with van der Waals surface area (Å²) in [5, 5.41) is 6.91. The lowest BCUT2D eigenvalue weighted by molar-refractivity contribution is 0.0952. The molecular weight excluding hydrogens is 248 g/mol. The van der Waals surface area contributed by atoms with Crippen LogP contribution in [0.2, 0.25) is 0 Å². The monoisotopic (exact) mass is 268 g/mol. The molecule has 0 aliphatic heterocycles. The highest BCUT2D eigenvalue weighted by Crippen LogP contribution is 2.30. The van der Waals surface area contributed by atoms with Crippen molar-refractivity contribution in [1.82, 2.24) is 10.3 Å². The third-order valence-electron chi connectivity index (χ3n) is 3.07. The Morgan fingerprint density at radius 2 is 2.33 bits per heavy atom. The second kappa shape index (κ2) is 5.56. The average molecular weight is 268 g/mol. The maximum Gasteiger partial charge on any atom is 0.265 e. The molecule has 0 aromatic carbocycles. The molecule has 1 atom stereocenters. The Morgan fingerprint density at radius 1 is 1.61 bits per heavy atom. The molecule has 1 saturated carbocycles. The topological polar surface area (TPSA) is 80.0 Å². The zero-order chi connectivity index (χ0) is 13.1. The lowest BCUT2D eigenvalue weighted by Gasteiger charge is -2.08. The van der Waals surface area contributed by atoms with Crippen molar-refractivity contribution < 1.29 is 4.79 Å². The first kappa shape index (κ1) is 13.1. The van der Waals surface area contributed by atoms with E-state index in [9.17, 15) is 4.79 Å². The number of nitrogen functional groups attached to an aromatic ring is 1. The van der Waals surface area contributed by atoms with Crippen LogP contribution in [0.15, 0.2) is 0 Å². The smallest absolute Gasteiger partial charge is 0.265 e. The van der Waals surface area contributed by atoms with Crippen molar-refractivity contribution >= 4 is 28.2 Å². The minimum Gasteiger partial charge on any atom is -0.382 e. The second-order valence-corrected chi connectivity index (χ2v) is 5.87. The standard InChI is InChI=1S/C12H20N4OS/c1-3-7(2)6-14-11(17)9-10(13)16-12(18-9)15-8-4-5-8/h7-8H,3-6,13H2,1-2H3,(H,14,17)(H,15,16). The summed E-state index contributed by atoms with van der Waals surface area (Å²) < 4.78 is 0. The Hall–Kier alpha value is -1.30. The van der Waals surface area contributed by atoms with Crippen LogP contribution in [-0.4, -0.2) is 23.5 Å². The Morgan fingerprint density at radius 3 is 2.94 bits per heavy atom. The van der Waals surface area contributed by atoms with Gasteiger partial charge < -0.3 is 16.4 Å². The summed E-state index contributed by atoms with van der Waals surface area (Å²) in [7, 11) is 0. The van der Waals surface area contributed by atoms with Gasteiger partial charge in [0.15, 0.2) is 5.13 Å². The van der Waals surface area contributed by atoms with Gasteiger partial charge in [-0.25, -0.2) is 4.98 Å². The predicted molar refractivity (Wildman–Crippen MR) is 75.0 cm³/mol. The number of aromatic nitrogens is 1. The van der Waals surface area contributed by atoms with Crippen molar-refractivity contribution in [3.63, 3.8) is 0 Å². The number of nitrogens with one attached hydrogen (secondary N) is 2. The lowest BCUT2D eigenvalue weighted by Crippen LogP contribution is -2.27. The van der Waals surface area contributed by atoms with Crippen molar-refractivity contribution in [1.29, 1.82) is 0 Å². The average Bonchev–Trinajstić information content (AvgIpc) is 3.08. The summed E-state index contributed by atoms with van der Waals surface area (Å²) in [4.78, 5) is 16.7. The van der Waals surface area contributed by atoms with E-state index in [-0.39, 0.29) is 5.91 Å². The first-order valence-electron chi connectivity index (χ1n) is 6.41. The molecule has 0 radical (unpaired) electrons. The van der Waals surface area contributed by atoms with Crippen LogP contribution in [0.4, 0.5) is 10.9 Å². The molecule has 1 aromatic rings. The molecule has 1 heterocycles. The SMILES string of the molecule is CCC(C)CNC(=O)c1sc(NC2CC2)nc1N. The van der Waals surface area contributed by atoms with Gasteiger partial charge in [-0.3, -0.25) is 4.79 Å². The lowest BCUT2D eigenvalue weighted by atomic mass is 10.1. The molecule has 0 saturated heterocycles. The molecule has 18 heavy (non-hydrogen) atoms. The summed E-state index contributed by atoms with van der Waals surface area (Å²) in [5.41, 5.74) is 5.78. The second-order valence-electron chi connectivity index (χ2n) is 4.88. The van der Waals surface area contributed by atoms with Crippen LogP contribution in [-0.2, 0) is 0 Å². The predicted octanol–water partition coefficient (Wildman–Crippen LogP) is 2.08. The van der Waals surface area contributed by atoms with Crippen molar-refractivity contribution in [2.24, 2.45) is 5.92 Å². The molecule has 1 aliphatic rings. The summed E-state index contributed by atoms with van der Waals surface area (Å²) in [6.07, 6.45) is 3.40. The molecule has 4 N–H and O–H groups in total. The van der Waals surface area contributed by atoms with Gasteiger partial charge in [0.1, 0.15) is 10.7 Å². The van der Waals surface area contributed by atoms with Crippen LogP contribution in [0.3, 0.4) is 0 Å². The first-order chi connectivity index (χ1) is 8.60. The van der Waals surface area contributed by atoms with Crippen LogP contribution < -0.4 is 16.4 Å². The fourth-order valence-electron chi connectivity index (χ4n) is 1.45. The van der Waals surface area contributed by atoms with Gasteiger partial charge in [0.25, 0.3) is 5.91 Å². The number of carbonyl (C=O) groups excluding carboxylic acids is 1. The highest BCUT2D eigenvalue weighted by Gasteiger charge is 2.24. The number of hydrogen-bond donors (Lipinski definition) is 3. The van der Waals surface area contributed by atoms with Crippen LogP contribution in [0, 0.1) is 5.92 Å². The van der Waals surface area contributed by atoms with E-state index >= 15 is 0 Å². The molecule has 1 aliphatic carbocycles. The zero-order valence-corrected chi connectivity index (χ0v) is 11.6. The van der Waals surface area contributed by atoms with Gasteiger partial charge in [0, 0.05) is 12.6 Å². The quantitative estimate of drug-likeness (QED) is 0.738. The Kier molecular flexibility index (Phi) is 4.06. The highest BCUT2D eigenvalue weighted by molar-refractivity contribution is 7.18. The van der Waals surface area contributed by atoms with Gasteiger partial charge in [-0.05, 0) is 18.8 Å². The maximum atomic E-state index is 12.0. The van der Waals surface area contributed by atoms with E-state index in [2.05, 4.69) is 29.5 Å². The molecule has 100 valence electrons. The van der Waals surface area contributed by atoms with Gasteiger partial charge in [-0.15, -0.1) is 0 Å². The number of amides is 1. The van der Waals surface area contributed by atoms with E-state index in [1.165, 1.54) is 24.2 Å². The Balaban J connectivity index is 1.93. The van der Waals surface area contributed by atoms with Crippen LogP contribution in [0.1, 0.15) is 42.8 Å². The molecule has 2 rings (SSSR count). The molecule has 0 spiro atoms. The molecule has 1 unspecified atom stereocenters. The van der Waals surface area contributed by atoms with Crippen LogP contribution in [0.25, 0.3) is 0 Å². The number of carbonyl (C=O) groups is 1. The number of rotatable bonds is 6. The Labute approximate surface area is 111 Å². The Bertz CT molecular complexity index is 428. The largest absolute Gasteiger partial charge is 0.382 e. The molecule has 0 bridgehead atoms. The number of thiazole rings is 1. The van der Waals surface area contributed by atoms with Crippen molar-refractivity contribution in [2.45, 2.75) is 39.2 Å². The fourth-order valence-corrected chi connectivity index (χ4v) is 2.33. The third-order valence-corrected chi connectivity index (χ3v) is 4.07. The van der Waals surface area contributed by atoms with E-state index in [0.29, 0.717) is 29.2 Å². The minimum absolute atomic E-state index is 0.117. The van der Waals surface area contributed by atoms with Gasteiger partial charge in [-0.1, -0.05) is 31.6 Å². The van der Waals surface area contributed by atoms with Crippen LogP contribution >= 0.6 is 11.3 Å². The van der Waals surface area contributed by atoms with Crippen molar-refractivity contribution in [2.75, 3.05) is 17.6 Å². The van der Waals surface area contributed by atoms with Crippen molar-refractivity contribution in [3.8, 4) is 0 Å². The van der Waals surface area contributed by atoms with E-state index in [0.717, 1.165) is 11.6 Å². The molecule has 1 amide bonds. The maximum absolute atomic E-state index is 12.0. The molecular formula is C12H20N4OS. The van der Waals surface area contributed by atoms with Crippen LogP contribution in [0.5, 0.6) is 0 Å². The fraction of sp³-hybridized carbons (Fsp3) is 0.667. The van der Waals surface area contributed by atoms with Crippen molar-refractivity contribution in [3.05, 3.63) is 4.88 Å². The molecule has 1 aromatic heterocycles. The van der Waals surface area contributed by atoms with Gasteiger partial charge in [0.05, 0.1) is 0 Å². The highest BCUT2D eigenvalue weighted by atomic mass is 32.1. The summed E-state index contributed by atoms with van der Waals surface area (Å²) in [6.45, 7) is 4.89. The number of nitrogens with zero attached hydrogens (tertiary/aromatic N) is 1. The number of nitrogens with two attached hydrogens (primary N) is 1. The summed E-state index contributed by atoms with van der Waals surface area (Å²) in [6, 6.07) is 0.520. The molecule has 1 fully saturated rings. The van der Waals surface area contributed by atoms with Gasteiger partial charge >= 0.3 is 0 Å². The normalized spacial score (nSPS) is 16.3. The number of anilines is 2. The molecule has 5 nitrogen and oxygen atoms in total. The third kappa shape index (κ3) is 3.35. The van der Waals surface area contributed by atoms with E-state index in [4.69, 9.17) is 5.73 Å². The first-order valence-corrected chi connectivity index (χ1v) is 7.22. The van der Waals surface area contributed by atoms with E-state index in [1.807, 2.05) is 0 Å². The molecule has 6 heteroatoms. The summed E-state index contributed by atoms with van der Waals surface area (Å²) >= 11 is 1.34.